The standard InChI is InChI=1S/C12H19N3O2S/c1-9(5-6-18-4)15(2)11-8-13-10(7-14-11)12(16)17-3/h7-9H,5-6H2,1-4H3. The summed E-state index contributed by atoms with van der Waals surface area (Å²) in [6.07, 6.45) is 6.22. The van der Waals surface area contributed by atoms with E-state index in [0.29, 0.717) is 6.04 Å². The smallest absolute Gasteiger partial charge is 0.358 e. The maximum Gasteiger partial charge on any atom is 0.358 e. The Morgan fingerprint density at radius 1 is 1.50 bits per heavy atom. The van der Waals surface area contributed by atoms with E-state index in [1.807, 2.05) is 18.8 Å². The predicted octanol–water partition coefficient (Wildman–Crippen LogP) is 1.84. The van der Waals surface area contributed by atoms with Crippen LogP contribution in [0.1, 0.15) is 23.8 Å². The Morgan fingerprint density at radius 3 is 2.72 bits per heavy atom. The summed E-state index contributed by atoms with van der Waals surface area (Å²) >= 11 is 1.83. The van der Waals surface area contributed by atoms with Crippen molar-refractivity contribution in [2.75, 3.05) is 31.1 Å². The molecule has 0 aliphatic carbocycles. The molecule has 0 saturated carbocycles. The quantitative estimate of drug-likeness (QED) is 0.735. The molecule has 0 saturated heterocycles. The van der Waals surface area contributed by atoms with E-state index in [4.69, 9.17) is 0 Å². The maximum absolute atomic E-state index is 11.2. The summed E-state index contributed by atoms with van der Waals surface area (Å²) in [6.45, 7) is 2.14. The van der Waals surface area contributed by atoms with Gasteiger partial charge in [-0.2, -0.15) is 11.8 Å². The second-order valence-electron chi connectivity index (χ2n) is 3.99. The van der Waals surface area contributed by atoms with E-state index in [0.717, 1.165) is 18.0 Å². The Hall–Kier alpha value is -1.30. The normalized spacial score (nSPS) is 12.0. The number of nitrogens with zero attached hydrogens (tertiary/aromatic N) is 3. The SMILES string of the molecule is COC(=O)c1cnc(N(C)C(C)CCSC)cn1. The lowest BCUT2D eigenvalue weighted by Crippen LogP contribution is -2.30. The average molecular weight is 269 g/mol. The summed E-state index contributed by atoms with van der Waals surface area (Å²) in [5.41, 5.74) is 0.228. The van der Waals surface area contributed by atoms with Crippen molar-refractivity contribution in [1.29, 1.82) is 0 Å². The van der Waals surface area contributed by atoms with Gasteiger partial charge in [-0.1, -0.05) is 0 Å². The fraction of sp³-hybridized carbons (Fsp3) is 0.583. The lowest BCUT2D eigenvalue weighted by Gasteiger charge is -2.25. The van der Waals surface area contributed by atoms with Crippen LogP contribution < -0.4 is 4.90 Å². The number of carbonyl (C=O) groups excluding carboxylic acids is 1. The first-order chi connectivity index (χ1) is 8.60. The maximum atomic E-state index is 11.2. The lowest BCUT2D eigenvalue weighted by molar-refractivity contribution is 0.0593. The van der Waals surface area contributed by atoms with E-state index >= 15 is 0 Å². The van der Waals surface area contributed by atoms with Gasteiger partial charge in [0.15, 0.2) is 5.69 Å². The number of rotatable bonds is 6. The van der Waals surface area contributed by atoms with Crippen molar-refractivity contribution in [2.24, 2.45) is 0 Å². The Labute approximate surface area is 112 Å². The van der Waals surface area contributed by atoms with Crippen LogP contribution in [-0.2, 0) is 4.74 Å². The van der Waals surface area contributed by atoms with E-state index in [2.05, 4.69) is 32.8 Å². The molecule has 1 rings (SSSR count). The minimum atomic E-state index is -0.466. The molecule has 0 aromatic carbocycles. The van der Waals surface area contributed by atoms with E-state index in [1.54, 1.807) is 6.20 Å². The van der Waals surface area contributed by atoms with E-state index < -0.39 is 5.97 Å². The minimum Gasteiger partial charge on any atom is -0.464 e. The van der Waals surface area contributed by atoms with Crippen molar-refractivity contribution in [3.63, 3.8) is 0 Å². The summed E-state index contributed by atoms with van der Waals surface area (Å²) in [5, 5.41) is 0. The molecule has 1 aromatic heterocycles. The van der Waals surface area contributed by atoms with Crippen molar-refractivity contribution in [1.82, 2.24) is 9.97 Å². The van der Waals surface area contributed by atoms with Crippen LogP contribution >= 0.6 is 11.8 Å². The molecular formula is C12H19N3O2S. The number of anilines is 1. The van der Waals surface area contributed by atoms with Crippen LogP contribution in [0.2, 0.25) is 0 Å². The summed E-state index contributed by atoms with van der Waals surface area (Å²) in [4.78, 5) is 21.6. The molecule has 0 fully saturated rings. The average Bonchev–Trinajstić information content (AvgIpc) is 2.43. The monoisotopic (exact) mass is 269 g/mol. The molecule has 6 heteroatoms. The van der Waals surface area contributed by atoms with Gasteiger partial charge in [0.25, 0.3) is 0 Å². The van der Waals surface area contributed by atoms with Crippen LogP contribution in [-0.4, -0.2) is 48.1 Å². The molecule has 0 spiro atoms. The molecule has 0 radical (unpaired) electrons. The summed E-state index contributed by atoms with van der Waals surface area (Å²) in [7, 11) is 3.31. The van der Waals surface area contributed by atoms with Crippen LogP contribution in [0, 0.1) is 0 Å². The predicted molar refractivity (Wildman–Crippen MR) is 74.2 cm³/mol. The van der Waals surface area contributed by atoms with Gasteiger partial charge in [-0.15, -0.1) is 0 Å². The lowest BCUT2D eigenvalue weighted by atomic mass is 10.2. The second kappa shape index (κ2) is 7.20. The molecule has 1 aromatic rings. The molecule has 5 nitrogen and oxygen atoms in total. The van der Waals surface area contributed by atoms with Crippen LogP contribution in [0.25, 0.3) is 0 Å². The highest BCUT2D eigenvalue weighted by Gasteiger charge is 2.13. The van der Waals surface area contributed by atoms with Gasteiger partial charge in [-0.25, -0.2) is 14.8 Å². The molecule has 0 bridgehead atoms. The minimum absolute atomic E-state index is 0.228. The number of carbonyl (C=O) groups is 1. The van der Waals surface area contributed by atoms with E-state index in [9.17, 15) is 4.79 Å². The largest absolute Gasteiger partial charge is 0.464 e. The fourth-order valence-corrected chi connectivity index (χ4v) is 2.00. The van der Waals surface area contributed by atoms with Crippen molar-refractivity contribution in [3.05, 3.63) is 18.1 Å². The van der Waals surface area contributed by atoms with Gasteiger partial charge in [0.1, 0.15) is 5.82 Å². The van der Waals surface area contributed by atoms with Crippen molar-refractivity contribution in [3.8, 4) is 0 Å². The molecule has 1 atom stereocenters. The Morgan fingerprint density at radius 2 is 2.22 bits per heavy atom. The van der Waals surface area contributed by atoms with Crippen molar-refractivity contribution in [2.45, 2.75) is 19.4 Å². The number of hydrogen-bond donors (Lipinski definition) is 0. The number of aromatic nitrogens is 2. The zero-order valence-electron chi connectivity index (χ0n) is 11.2. The third-order valence-corrected chi connectivity index (χ3v) is 3.44. The first-order valence-electron chi connectivity index (χ1n) is 5.72. The first-order valence-corrected chi connectivity index (χ1v) is 7.11. The van der Waals surface area contributed by atoms with Gasteiger partial charge in [0.2, 0.25) is 0 Å². The van der Waals surface area contributed by atoms with E-state index in [1.165, 1.54) is 13.3 Å². The molecule has 18 heavy (non-hydrogen) atoms. The summed E-state index contributed by atoms with van der Waals surface area (Å²) < 4.78 is 4.58. The molecule has 0 N–H and O–H groups in total. The fourth-order valence-electron chi connectivity index (χ4n) is 1.42. The van der Waals surface area contributed by atoms with Gasteiger partial charge < -0.3 is 9.64 Å². The highest BCUT2D eigenvalue weighted by atomic mass is 32.2. The molecule has 1 unspecified atom stereocenters. The highest BCUT2D eigenvalue weighted by Crippen LogP contribution is 2.14. The summed E-state index contributed by atoms with van der Waals surface area (Å²) in [5.74, 6) is 1.41. The zero-order valence-corrected chi connectivity index (χ0v) is 12.0. The van der Waals surface area contributed by atoms with Gasteiger partial charge in [0, 0.05) is 13.1 Å². The molecular weight excluding hydrogens is 250 g/mol. The molecule has 0 aliphatic heterocycles. The zero-order chi connectivity index (χ0) is 13.5. The Bertz CT molecular complexity index is 383. The van der Waals surface area contributed by atoms with Crippen LogP contribution in [0.5, 0.6) is 0 Å². The van der Waals surface area contributed by atoms with E-state index in [-0.39, 0.29) is 5.69 Å². The second-order valence-corrected chi connectivity index (χ2v) is 4.98. The molecule has 0 aliphatic rings. The first kappa shape index (κ1) is 14.8. The third kappa shape index (κ3) is 3.87. The van der Waals surface area contributed by atoms with Gasteiger partial charge >= 0.3 is 5.97 Å². The number of methoxy groups -OCH3 is 1. The third-order valence-electron chi connectivity index (χ3n) is 2.80. The summed E-state index contributed by atoms with van der Waals surface area (Å²) in [6, 6.07) is 0.385. The van der Waals surface area contributed by atoms with Gasteiger partial charge in [-0.05, 0) is 25.4 Å². The number of thioether (sulfide) groups is 1. The van der Waals surface area contributed by atoms with Gasteiger partial charge in [0.05, 0.1) is 19.5 Å². The van der Waals surface area contributed by atoms with Crippen LogP contribution in [0.4, 0.5) is 5.82 Å². The van der Waals surface area contributed by atoms with Crippen LogP contribution in [0.3, 0.4) is 0 Å². The van der Waals surface area contributed by atoms with Crippen molar-refractivity contribution >= 4 is 23.5 Å². The van der Waals surface area contributed by atoms with Crippen molar-refractivity contribution < 1.29 is 9.53 Å². The number of esters is 1. The number of ether oxygens (including phenoxy) is 1. The molecule has 0 amide bonds. The Balaban J connectivity index is 2.69. The van der Waals surface area contributed by atoms with Gasteiger partial charge in [-0.3, -0.25) is 0 Å². The number of hydrogen-bond acceptors (Lipinski definition) is 6. The highest BCUT2D eigenvalue weighted by molar-refractivity contribution is 7.98. The Kier molecular flexibility index (Phi) is 5.91. The molecule has 1 heterocycles. The molecule has 100 valence electrons. The topological polar surface area (TPSA) is 55.3 Å². The van der Waals surface area contributed by atoms with Crippen LogP contribution in [0.15, 0.2) is 12.4 Å².